The summed E-state index contributed by atoms with van der Waals surface area (Å²) in [5.74, 6) is 0.499. The predicted molar refractivity (Wildman–Crippen MR) is 73.0 cm³/mol. The van der Waals surface area contributed by atoms with Crippen LogP contribution in [0.25, 0.3) is 0 Å². The fourth-order valence-electron chi connectivity index (χ4n) is 2.34. The zero-order valence-electron chi connectivity index (χ0n) is 11.0. The van der Waals surface area contributed by atoms with Gasteiger partial charge in [-0.15, -0.1) is 0 Å². The number of amides is 1. The molecule has 0 spiro atoms. The summed E-state index contributed by atoms with van der Waals surface area (Å²) in [4.78, 5) is 13.9. The molecule has 19 heavy (non-hydrogen) atoms. The zero-order valence-corrected chi connectivity index (χ0v) is 11.0. The van der Waals surface area contributed by atoms with Crippen molar-refractivity contribution in [2.45, 2.75) is 19.3 Å². The largest absolute Gasteiger partial charge is 0.409 e. The van der Waals surface area contributed by atoms with Crippen LogP contribution in [0.2, 0.25) is 0 Å². The van der Waals surface area contributed by atoms with Crippen LogP contribution in [-0.4, -0.2) is 34.9 Å². The van der Waals surface area contributed by atoms with Crippen molar-refractivity contribution in [1.82, 2.24) is 4.90 Å². The van der Waals surface area contributed by atoms with E-state index in [0.717, 1.165) is 6.42 Å². The monoisotopic (exact) mass is 261 g/mol. The van der Waals surface area contributed by atoms with Crippen LogP contribution in [0, 0.1) is 5.92 Å². The minimum atomic E-state index is 0.0360. The van der Waals surface area contributed by atoms with Gasteiger partial charge in [0, 0.05) is 12.5 Å². The number of carbonyl (C=O) groups is 1. The van der Waals surface area contributed by atoms with E-state index in [-0.39, 0.29) is 24.2 Å². The van der Waals surface area contributed by atoms with Crippen molar-refractivity contribution in [1.29, 1.82) is 0 Å². The standard InChI is InChI=1S/C14H19N3O2/c1-2-17(9-13(15)16-19)14(18)12-8-11(12)10-6-4-3-5-7-10/h3-7,11-12,19H,2,8-9H2,1H3,(H2,15,16). The smallest absolute Gasteiger partial charge is 0.226 e. The molecule has 1 aromatic rings. The molecule has 1 saturated carbocycles. The quantitative estimate of drug-likeness (QED) is 0.364. The van der Waals surface area contributed by atoms with E-state index < -0.39 is 0 Å². The molecule has 5 nitrogen and oxygen atoms in total. The third-order valence-electron chi connectivity index (χ3n) is 3.51. The Kier molecular flexibility index (Phi) is 4.04. The number of nitrogens with zero attached hydrogens (tertiary/aromatic N) is 2. The van der Waals surface area contributed by atoms with Gasteiger partial charge in [-0.05, 0) is 24.8 Å². The molecule has 102 valence electrons. The Labute approximate surface area is 112 Å². The predicted octanol–water partition coefficient (Wildman–Crippen LogP) is 1.38. The number of oxime groups is 1. The number of carbonyl (C=O) groups excluding carboxylic acids is 1. The molecule has 2 rings (SSSR count). The van der Waals surface area contributed by atoms with Gasteiger partial charge in [0.25, 0.3) is 0 Å². The van der Waals surface area contributed by atoms with Gasteiger partial charge in [0.05, 0.1) is 6.54 Å². The van der Waals surface area contributed by atoms with Gasteiger partial charge in [0.2, 0.25) is 5.91 Å². The zero-order chi connectivity index (χ0) is 13.8. The number of amidine groups is 1. The molecule has 0 saturated heterocycles. The third kappa shape index (κ3) is 3.05. The average Bonchev–Trinajstić information content (AvgIpc) is 3.25. The maximum absolute atomic E-state index is 12.3. The highest BCUT2D eigenvalue weighted by atomic mass is 16.4. The number of hydrogen-bond donors (Lipinski definition) is 2. The molecule has 1 fully saturated rings. The van der Waals surface area contributed by atoms with E-state index in [0.29, 0.717) is 12.5 Å². The molecule has 0 radical (unpaired) electrons. The van der Waals surface area contributed by atoms with E-state index in [2.05, 4.69) is 17.3 Å². The summed E-state index contributed by atoms with van der Waals surface area (Å²) < 4.78 is 0. The molecular weight excluding hydrogens is 242 g/mol. The number of nitrogens with two attached hydrogens (primary N) is 1. The van der Waals surface area contributed by atoms with Crippen LogP contribution in [-0.2, 0) is 4.79 Å². The Bertz CT molecular complexity index is 473. The van der Waals surface area contributed by atoms with Gasteiger partial charge in [0.15, 0.2) is 5.84 Å². The van der Waals surface area contributed by atoms with Crippen molar-refractivity contribution < 1.29 is 10.0 Å². The molecule has 1 aromatic carbocycles. The van der Waals surface area contributed by atoms with E-state index in [1.165, 1.54) is 5.56 Å². The Hall–Kier alpha value is -2.04. The number of hydrogen-bond acceptors (Lipinski definition) is 3. The molecule has 5 heteroatoms. The lowest BCUT2D eigenvalue weighted by molar-refractivity contribution is -0.131. The third-order valence-corrected chi connectivity index (χ3v) is 3.51. The Morgan fingerprint density at radius 1 is 1.47 bits per heavy atom. The molecule has 0 aliphatic heterocycles. The number of likely N-dealkylation sites (N-methyl/N-ethyl adjacent to an activating group) is 1. The molecule has 1 aliphatic carbocycles. The van der Waals surface area contributed by atoms with Gasteiger partial charge < -0.3 is 15.8 Å². The molecular formula is C14H19N3O2. The highest BCUT2D eigenvalue weighted by Gasteiger charge is 2.45. The first-order chi connectivity index (χ1) is 9.17. The lowest BCUT2D eigenvalue weighted by atomic mass is 10.1. The lowest BCUT2D eigenvalue weighted by Gasteiger charge is -2.20. The van der Waals surface area contributed by atoms with Crippen molar-refractivity contribution in [2.24, 2.45) is 16.8 Å². The lowest BCUT2D eigenvalue weighted by Crippen LogP contribution is -2.39. The van der Waals surface area contributed by atoms with Crippen LogP contribution in [0.15, 0.2) is 35.5 Å². The normalized spacial score (nSPS) is 22.1. The fourth-order valence-corrected chi connectivity index (χ4v) is 2.34. The maximum Gasteiger partial charge on any atom is 0.226 e. The van der Waals surface area contributed by atoms with E-state index in [1.807, 2.05) is 25.1 Å². The van der Waals surface area contributed by atoms with Crippen molar-refractivity contribution in [3.8, 4) is 0 Å². The second-order valence-electron chi connectivity index (χ2n) is 4.80. The summed E-state index contributed by atoms with van der Waals surface area (Å²) >= 11 is 0. The molecule has 1 amide bonds. The van der Waals surface area contributed by atoms with Crippen molar-refractivity contribution in [3.05, 3.63) is 35.9 Å². The van der Waals surface area contributed by atoms with Crippen LogP contribution in [0.3, 0.4) is 0 Å². The van der Waals surface area contributed by atoms with E-state index in [4.69, 9.17) is 10.9 Å². The second-order valence-corrected chi connectivity index (χ2v) is 4.80. The molecule has 0 bridgehead atoms. The molecule has 1 aliphatic rings. The van der Waals surface area contributed by atoms with Crippen LogP contribution in [0.5, 0.6) is 0 Å². The second kappa shape index (κ2) is 5.73. The Morgan fingerprint density at radius 2 is 2.16 bits per heavy atom. The molecule has 2 unspecified atom stereocenters. The highest BCUT2D eigenvalue weighted by molar-refractivity contribution is 5.89. The summed E-state index contributed by atoms with van der Waals surface area (Å²) in [5, 5.41) is 11.5. The number of benzene rings is 1. The first-order valence-corrected chi connectivity index (χ1v) is 6.47. The molecule has 2 atom stereocenters. The van der Waals surface area contributed by atoms with Crippen LogP contribution < -0.4 is 5.73 Å². The molecule has 3 N–H and O–H groups in total. The average molecular weight is 261 g/mol. The fraction of sp³-hybridized carbons (Fsp3) is 0.429. The van der Waals surface area contributed by atoms with Crippen molar-refractivity contribution in [2.75, 3.05) is 13.1 Å². The van der Waals surface area contributed by atoms with Crippen LogP contribution in [0.1, 0.15) is 24.8 Å². The van der Waals surface area contributed by atoms with E-state index in [1.54, 1.807) is 4.90 Å². The highest BCUT2D eigenvalue weighted by Crippen LogP contribution is 2.48. The van der Waals surface area contributed by atoms with Gasteiger partial charge in [0.1, 0.15) is 0 Å². The van der Waals surface area contributed by atoms with Crippen LogP contribution in [0.4, 0.5) is 0 Å². The van der Waals surface area contributed by atoms with Gasteiger partial charge in [-0.25, -0.2) is 0 Å². The summed E-state index contributed by atoms with van der Waals surface area (Å²) in [5.41, 5.74) is 6.67. The van der Waals surface area contributed by atoms with E-state index >= 15 is 0 Å². The first kappa shape index (κ1) is 13.4. The summed E-state index contributed by atoms with van der Waals surface area (Å²) in [7, 11) is 0. The van der Waals surface area contributed by atoms with Crippen LogP contribution >= 0.6 is 0 Å². The van der Waals surface area contributed by atoms with Gasteiger partial charge in [-0.1, -0.05) is 35.5 Å². The topological polar surface area (TPSA) is 78.9 Å². The summed E-state index contributed by atoms with van der Waals surface area (Å²) in [6, 6.07) is 10.1. The summed E-state index contributed by atoms with van der Waals surface area (Å²) in [6.45, 7) is 2.64. The molecule has 0 aromatic heterocycles. The first-order valence-electron chi connectivity index (χ1n) is 6.47. The van der Waals surface area contributed by atoms with Gasteiger partial charge >= 0.3 is 0 Å². The Balaban J connectivity index is 1.98. The maximum atomic E-state index is 12.3. The number of rotatable bonds is 5. The van der Waals surface area contributed by atoms with Crippen molar-refractivity contribution >= 4 is 11.7 Å². The molecule has 0 heterocycles. The minimum absolute atomic E-state index is 0.0360. The van der Waals surface area contributed by atoms with E-state index in [9.17, 15) is 4.79 Å². The Morgan fingerprint density at radius 3 is 2.74 bits per heavy atom. The minimum Gasteiger partial charge on any atom is -0.409 e. The SMILES string of the molecule is CCN(C/C(N)=N/O)C(=O)C1CC1c1ccccc1. The summed E-state index contributed by atoms with van der Waals surface area (Å²) in [6.07, 6.45) is 0.884. The van der Waals surface area contributed by atoms with Gasteiger partial charge in [-0.2, -0.15) is 0 Å². The van der Waals surface area contributed by atoms with Gasteiger partial charge in [-0.3, -0.25) is 4.79 Å². The van der Waals surface area contributed by atoms with Crippen molar-refractivity contribution in [3.63, 3.8) is 0 Å².